The van der Waals surface area contributed by atoms with Crippen LogP contribution in [0.4, 0.5) is 0 Å². The summed E-state index contributed by atoms with van der Waals surface area (Å²) in [7, 11) is 4.31. The minimum Gasteiger partial charge on any atom is -0.326 e. The number of hydrogen-bond donors (Lipinski definition) is 1. The summed E-state index contributed by atoms with van der Waals surface area (Å²) in [6, 6.07) is 0.985. The molecule has 2 atom stereocenters. The Labute approximate surface area is 101 Å². The fourth-order valence-electron chi connectivity index (χ4n) is 2.29. The molecule has 0 aliphatic carbocycles. The second-order valence-corrected chi connectivity index (χ2v) is 6.53. The lowest BCUT2D eigenvalue weighted by Crippen LogP contribution is -2.48. The first kappa shape index (κ1) is 13.9. The molecule has 1 aliphatic rings. The zero-order valence-electron chi connectivity index (χ0n) is 11.7. The van der Waals surface area contributed by atoms with Crippen molar-refractivity contribution < 1.29 is 0 Å². The molecule has 0 amide bonds. The number of nitrogens with zero attached hydrogens (tertiary/aromatic N) is 2. The van der Waals surface area contributed by atoms with Crippen molar-refractivity contribution in [2.75, 3.05) is 33.7 Å². The summed E-state index contributed by atoms with van der Waals surface area (Å²) >= 11 is 0. The van der Waals surface area contributed by atoms with Crippen LogP contribution in [0.25, 0.3) is 0 Å². The molecule has 2 N–H and O–H groups in total. The van der Waals surface area contributed by atoms with Crippen molar-refractivity contribution in [1.82, 2.24) is 9.80 Å². The van der Waals surface area contributed by atoms with Crippen LogP contribution in [0.1, 0.15) is 33.6 Å². The smallest absolute Gasteiger partial charge is 0.0224 e. The van der Waals surface area contributed by atoms with Gasteiger partial charge in [-0.2, -0.15) is 0 Å². The van der Waals surface area contributed by atoms with Crippen molar-refractivity contribution >= 4 is 0 Å². The van der Waals surface area contributed by atoms with Gasteiger partial charge in [-0.25, -0.2) is 0 Å². The van der Waals surface area contributed by atoms with E-state index in [2.05, 4.69) is 44.7 Å². The Hall–Kier alpha value is -0.120. The van der Waals surface area contributed by atoms with E-state index in [4.69, 9.17) is 5.73 Å². The average molecular weight is 227 g/mol. The van der Waals surface area contributed by atoms with E-state index in [-0.39, 0.29) is 11.5 Å². The van der Waals surface area contributed by atoms with Gasteiger partial charge < -0.3 is 10.6 Å². The van der Waals surface area contributed by atoms with E-state index >= 15 is 0 Å². The first-order chi connectivity index (χ1) is 7.30. The standard InChI is InChI=1S/C13H29N3/c1-13(2,3)12(14)10-16-8-6-7-11(16)9-15(4)5/h11-12H,6-10,14H2,1-5H3. The summed E-state index contributed by atoms with van der Waals surface area (Å²) in [5, 5.41) is 0. The van der Waals surface area contributed by atoms with Crippen LogP contribution in [0.15, 0.2) is 0 Å². The zero-order chi connectivity index (χ0) is 12.3. The van der Waals surface area contributed by atoms with Crippen LogP contribution in [0, 0.1) is 5.41 Å². The largest absolute Gasteiger partial charge is 0.326 e. The summed E-state index contributed by atoms with van der Waals surface area (Å²) in [6.45, 7) is 10.1. The van der Waals surface area contributed by atoms with Gasteiger partial charge in [0.15, 0.2) is 0 Å². The molecule has 96 valence electrons. The molecule has 0 aromatic rings. The Morgan fingerprint density at radius 1 is 1.38 bits per heavy atom. The molecule has 3 nitrogen and oxygen atoms in total. The Balaban J connectivity index is 2.46. The molecule has 0 spiro atoms. The van der Waals surface area contributed by atoms with E-state index < -0.39 is 0 Å². The van der Waals surface area contributed by atoms with Gasteiger partial charge in [-0.15, -0.1) is 0 Å². The monoisotopic (exact) mass is 227 g/mol. The lowest BCUT2D eigenvalue weighted by atomic mass is 9.87. The van der Waals surface area contributed by atoms with Crippen molar-refractivity contribution in [1.29, 1.82) is 0 Å². The average Bonchev–Trinajstić information content (AvgIpc) is 2.50. The van der Waals surface area contributed by atoms with Gasteiger partial charge in [0.25, 0.3) is 0 Å². The SMILES string of the molecule is CN(C)CC1CCCN1CC(N)C(C)(C)C. The van der Waals surface area contributed by atoms with Gasteiger partial charge in [0.05, 0.1) is 0 Å². The van der Waals surface area contributed by atoms with Crippen molar-refractivity contribution in [3.63, 3.8) is 0 Å². The molecule has 16 heavy (non-hydrogen) atoms. The van der Waals surface area contributed by atoms with E-state index in [0.717, 1.165) is 13.1 Å². The molecule has 1 heterocycles. The van der Waals surface area contributed by atoms with Crippen LogP contribution in [0.2, 0.25) is 0 Å². The van der Waals surface area contributed by atoms with Gasteiger partial charge in [0.1, 0.15) is 0 Å². The molecule has 1 rings (SSSR count). The maximum atomic E-state index is 6.27. The zero-order valence-corrected chi connectivity index (χ0v) is 11.7. The Kier molecular flexibility index (Phi) is 4.77. The third-order valence-corrected chi connectivity index (χ3v) is 3.62. The second-order valence-electron chi connectivity index (χ2n) is 6.53. The first-order valence-corrected chi connectivity index (χ1v) is 6.45. The highest BCUT2D eigenvalue weighted by molar-refractivity contribution is 4.87. The Bertz CT molecular complexity index is 208. The van der Waals surface area contributed by atoms with E-state index in [1.54, 1.807) is 0 Å². The van der Waals surface area contributed by atoms with Crippen LogP contribution >= 0.6 is 0 Å². The minimum atomic E-state index is 0.214. The highest BCUT2D eigenvalue weighted by Gasteiger charge is 2.29. The predicted molar refractivity (Wildman–Crippen MR) is 70.6 cm³/mol. The number of nitrogens with two attached hydrogens (primary N) is 1. The van der Waals surface area contributed by atoms with Crippen LogP contribution < -0.4 is 5.73 Å². The van der Waals surface area contributed by atoms with E-state index in [1.165, 1.54) is 19.4 Å². The summed E-state index contributed by atoms with van der Waals surface area (Å²) < 4.78 is 0. The van der Waals surface area contributed by atoms with E-state index in [0.29, 0.717) is 6.04 Å². The van der Waals surface area contributed by atoms with Gasteiger partial charge in [-0.3, -0.25) is 4.90 Å². The molecule has 0 radical (unpaired) electrons. The van der Waals surface area contributed by atoms with Crippen LogP contribution in [-0.4, -0.2) is 55.6 Å². The fourth-order valence-corrected chi connectivity index (χ4v) is 2.29. The topological polar surface area (TPSA) is 32.5 Å². The normalized spacial score (nSPS) is 25.3. The molecule has 1 fully saturated rings. The van der Waals surface area contributed by atoms with Crippen molar-refractivity contribution in [3.05, 3.63) is 0 Å². The molecule has 1 aliphatic heterocycles. The lowest BCUT2D eigenvalue weighted by molar-refractivity contribution is 0.164. The molecular weight excluding hydrogens is 198 g/mol. The van der Waals surface area contributed by atoms with Gasteiger partial charge in [0.2, 0.25) is 0 Å². The molecule has 0 bridgehead atoms. The van der Waals surface area contributed by atoms with Crippen molar-refractivity contribution in [2.45, 2.75) is 45.7 Å². The highest BCUT2D eigenvalue weighted by atomic mass is 15.2. The summed E-state index contributed by atoms with van der Waals surface area (Å²) in [6.07, 6.45) is 2.66. The summed E-state index contributed by atoms with van der Waals surface area (Å²) in [4.78, 5) is 4.86. The Morgan fingerprint density at radius 2 is 2.00 bits per heavy atom. The van der Waals surface area contributed by atoms with Crippen LogP contribution in [-0.2, 0) is 0 Å². The molecule has 0 aromatic carbocycles. The number of likely N-dealkylation sites (N-methyl/N-ethyl adjacent to an activating group) is 1. The van der Waals surface area contributed by atoms with Gasteiger partial charge in [0, 0.05) is 25.2 Å². The lowest BCUT2D eigenvalue weighted by Gasteiger charge is -2.34. The molecule has 3 heteroatoms. The predicted octanol–water partition coefficient (Wildman–Crippen LogP) is 1.39. The minimum absolute atomic E-state index is 0.214. The second kappa shape index (κ2) is 5.48. The first-order valence-electron chi connectivity index (χ1n) is 6.45. The highest BCUT2D eigenvalue weighted by Crippen LogP contribution is 2.23. The maximum Gasteiger partial charge on any atom is 0.0224 e. The van der Waals surface area contributed by atoms with E-state index in [1.807, 2.05) is 0 Å². The van der Waals surface area contributed by atoms with Crippen molar-refractivity contribution in [2.24, 2.45) is 11.1 Å². The van der Waals surface area contributed by atoms with Crippen LogP contribution in [0.5, 0.6) is 0 Å². The molecule has 1 saturated heterocycles. The third-order valence-electron chi connectivity index (χ3n) is 3.62. The third kappa shape index (κ3) is 4.04. The number of likely N-dealkylation sites (tertiary alicyclic amines) is 1. The van der Waals surface area contributed by atoms with Crippen molar-refractivity contribution in [3.8, 4) is 0 Å². The molecular formula is C13H29N3. The summed E-state index contributed by atoms with van der Waals surface area (Å²) in [5.41, 5.74) is 6.48. The maximum absolute atomic E-state index is 6.27. The van der Waals surface area contributed by atoms with Crippen LogP contribution in [0.3, 0.4) is 0 Å². The molecule has 2 unspecified atom stereocenters. The summed E-state index contributed by atoms with van der Waals surface area (Å²) in [5.74, 6) is 0. The fraction of sp³-hybridized carbons (Fsp3) is 1.00. The molecule has 0 aromatic heterocycles. The number of rotatable bonds is 4. The van der Waals surface area contributed by atoms with E-state index in [9.17, 15) is 0 Å². The molecule has 0 saturated carbocycles. The van der Waals surface area contributed by atoms with Gasteiger partial charge >= 0.3 is 0 Å². The van der Waals surface area contributed by atoms with Gasteiger partial charge in [-0.05, 0) is 38.9 Å². The Morgan fingerprint density at radius 3 is 2.50 bits per heavy atom. The quantitative estimate of drug-likeness (QED) is 0.788. The van der Waals surface area contributed by atoms with Gasteiger partial charge in [-0.1, -0.05) is 20.8 Å². The number of hydrogen-bond acceptors (Lipinski definition) is 3.